The first-order valence-corrected chi connectivity index (χ1v) is 23.5. The number of fused-ring (bicyclic) bond motifs is 3. The lowest BCUT2D eigenvalue weighted by Gasteiger charge is -2.34. The van der Waals surface area contributed by atoms with Gasteiger partial charge in [0.25, 0.3) is 0 Å². The first kappa shape index (κ1) is 40.7. The van der Waals surface area contributed by atoms with Crippen LogP contribution in [0.1, 0.15) is 22.3 Å². The number of anilines is 3. The maximum atomic E-state index is 2.49. The average Bonchev–Trinajstić information content (AvgIpc) is 3.73. The van der Waals surface area contributed by atoms with Crippen molar-refractivity contribution in [1.29, 1.82) is 0 Å². The summed E-state index contributed by atoms with van der Waals surface area (Å²) in [7, 11) is 0. The van der Waals surface area contributed by atoms with E-state index in [2.05, 4.69) is 290 Å². The van der Waals surface area contributed by atoms with Gasteiger partial charge in [-0.1, -0.05) is 249 Å². The minimum atomic E-state index is -0.499. The van der Waals surface area contributed by atoms with Crippen LogP contribution in [0.25, 0.3) is 66.8 Å². The summed E-state index contributed by atoms with van der Waals surface area (Å²) >= 11 is 0. The van der Waals surface area contributed by atoms with Crippen LogP contribution in [0.5, 0.6) is 0 Å². The fourth-order valence-corrected chi connectivity index (χ4v) is 10.8. The van der Waals surface area contributed by atoms with Crippen molar-refractivity contribution >= 4 is 17.1 Å². The molecule has 1 aliphatic rings. The summed E-state index contributed by atoms with van der Waals surface area (Å²) < 4.78 is 0. The lowest BCUT2D eigenvalue weighted by atomic mass is 9.68. The van der Waals surface area contributed by atoms with Crippen molar-refractivity contribution < 1.29 is 0 Å². The van der Waals surface area contributed by atoms with E-state index in [4.69, 9.17) is 0 Å². The zero-order chi connectivity index (χ0) is 45.3. The van der Waals surface area contributed by atoms with Crippen LogP contribution in [0.4, 0.5) is 17.1 Å². The fraction of sp³-hybridized carbons (Fsp3) is 0.0149. The van der Waals surface area contributed by atoms with Gasteiger partial charge in [-0.3, -0.25) is 0 Å². The summed E-state index contributed by atoms with van der Waals surface area (Å²) in [5, 5.41) is 0. The first-order chi connectivity index (χ1) is 33.8. The lowest BCUT2D eigenvalue weighted by molar-refractivity contribution is 0.768. The molecule has 0 bridgehead atoms. The van der Waals surface area contributed by atoms with Crippen LogP contribution in [0, 0.1) is 0 Å². The molecule has 0 saturated carbocycles. The molecule has 0 radical (unpaired) electrons. The van der Waals surface area contributed by atoms with Gasteiger partial charge in [0.1, 0.15) is 0 Å². The molecule has 1 aliphatic carbocycles. The minimum Gasteiger partial charge on any atom is -0.310 e. The molecular formula is C67H47N. The number of hydrogen-bond donors (Lipinski definition) is 0. The van der Waals surface area contributed by atoms with Crippen molar-refractivity contribution in [2.75, 3.05) is 4.90 Å². The van der Waals surface area contributed by atoms with E-state index in [1.807, 2.05) is 0 Å². The van der Waals surface area contributed by atoms with E-state index in [1.54, 1.807) is 0 Å². The van der Waals surface area contributed by atoms with E-state index in [-0.39, 0.29) is 0 Å². The predicted molar refractivity (Wildman–Crippen MR) is 286 cm³/mol. The highest BCUT2D eigenvalue weighted by molar-refractivity contribution is 6.02. The van der Waals surface area contributed by atoms with Gasteiger partial charge in [0.2, 0.25) is 0 Å². The van der Waals surface area contributed by atoms with Crippen LogP contribution < -0.4 is 4.90 Å². The maximum absolute atomic E-state index is 2.49. The molecule has 0 aromatic heterocycles. The molecular weight excluding hydrogens is 819 g/mol. The van der Waals surface area contributed by atoms with Crippen LogP contribution in [0.2, 0.25) is 0 Å². The topological polar surface area (TPSA) is 3.24 Å². The molecule has 0 unspecified atom stereocenters. The summed E-state index contributed by atoms with van der Waals surface area (Å²) in [4.78, 5) is 2.49. The summed E-state index contributed by atoms with van der Waals surface area (Å²) in [6.07, 6.45) is 0. The molecule has 1 nitrogen and oxygen atoms in total. The molecule has 0 saturated heterocycles. The second kappa shape index (κ2) is 17.5. The maximum Gasteiger partial charge on any atom is 0.0713 e. The quantitative estimate of drug-likeness (QED) is 0.132. The molecule has 11 aromatic carbocycles. The van der Waals surface area contributed by atoms with E-state index in [0.717, 1.165) is 22.6 Å². The van der Waals surface area contributed by atoms with Gasteiger partial charge in [0, 0.05) is 16.9 Å². The van der Waals surface area contributed by atoms with Crippen LogP contribution in [0.15, 0.2) is 285 Å². The van der Waals surface area contributed by atoms with Crippen molar-refractivity contribution in [2.45, 2.75) is 5.41 Å². The number of hydrogen-bond acceptors (Lipinski definition) is 1. The highest BCUT2D eigenvalue weighted by atomic mass is 15.1. The average molecular weight is 866 g/mol. The van der Waals surface area contributed by atoms with Gasteiger partial charge in [-0.15, -0.1) is 0 Å². The Balaban J connectivity index is 1.11. The normalized spacial score (nSPS) is 12.2. The Morgan fingerprint density at radius 1 is 0.235 bits per heavy atom. The number of rotatable bonds is 10. The molecule has 11 aromatic rings. The zero-order valence-corrected chi connectivity index (χ0v) is 37.6. The molecule has 0 aliphatic heterocycles. The van der Waals surface area contributed by atoms with Crippen LogP contribution in [-0.2, 0) is 5.41 Å². The van der Waals surface area contributed by atoms with Crippen LogP contribution >= 0.6 is 0 Å². The molecule has 12 rings (SSSR count). The van der Waals surface area contributed by atoms with E-state index >= 15 is 0 Å². The summed E-state index contributed by atoms with van der Waals surface area (Å²) in [6, 6.07) is 104. The van der Waals surface area contributed by atoms with E-state index in [0.29, 0.717) is 0 Å². The monoisotopic (exact) mass is 865 g/mol. The molecule has 0 heterocycles. The van der Waals surface area contributed by atoms with Crippen molar-refractivity contribution in [2.24, 2.45) is 0 Å². The van der Waals surface area contributed by atoms with Crippen molar-refractivity contribution in [1.82, 2.24) is 0 Å². The Bertz CT molecular complexity index is 3490. The fourth-order valence-electron chi connectivity index (χ4n) is 10.8. The van der Waals surface area contributed by atoms with Crippen LogP contribution in [-0.4, -0.2) is 0 Å². The third-order valence-corrected chi connectivity index (χ3v) is 13.8. The highest BCUT2D eigenvalue weighted by Gasteiger charge is 2.46. The van der Waals surface area contributed by atoms with Gasteiger partial charge in [0.05, 0.1) is 11.1 Å². The minimum absolute atomic E-state index is 0.499. The molecule has 0 amide bonds. The van der Waals surface area contributed by atoms with Gasteiger partial charge < -0.3 is 4.90 Å². The Morgan fingerprint density at radius 2 is 0.662 bits per heavy atom. The van der Waals surface area contributed by atoms with E-state index in [1.165, 1.54) is 83.5 Å². The number of nitrogens with zero attached hydrogens (tertiary/aromatic N) is 1. The summed E-state index contributed by atoms with van der Waals surface area (Å²) in [6.45, 7) is 0. The molecule has 320 valence electrons. The summed E-state index contributed by atoms with van der Waals surface area (Å²) in [5.41, 5.74) is 22.1. The Morgan fingerprint density at radius 3 is 1.28 bits per heavy atom. The first-order valence-electron chi connectivity index (χ1n) is 23.5. The van der Waals surface area contributed by atoms with Crippen molar-refractivity contribution in [3.63, 3.8) is 0 Å². The van der Waals surface area contributed by atoms with Crippen LogP contribution in [0.3, 0.4) is 0 Å². The summed E-state index contributed by atoms with van der Waals surface area (Å²) in [5.74, 6) is 0. The Labute approximate surface area is 399 Å². The molecule has 0 N–H and O–H groups in total. The third-order valence-electron chi connectivity index (χ3n) is 13.8. The number of benzene rings is 11. The lowest BCUT2D eigenvalue weighted by Crippen LogP contribution is -2.28. The third kappa shape index (κ3) is 7.05. The van der Waals surface area contributed by atoms with Gasteiger partial charge in [-0.25, -0.2) is 0 Å². The molecule has 0 fully saturated rings. The largest absolute Gasteiger partial charge is 0.310 e. The second-order valence-electron chi connectivity index (χ2n) is 17.6. The molecule has 0 atom stereocenters. The predicted octanol–water partition coefficient (Wildman–Crippen LogP) is 17.9. The molecule has 0 spiro atoms. The van der Waals surface area contributed by atoms with Gasteiger partial charge >= 0.3 is 0 Å². The second-order valence-corrected chi connectivity index (χ2v) is 17.6. The van der Waals surface area contributed by atoms with Gasteiger partial charge in [-0.05, 0) is 120 Å². The van der Waals surface area contributed by atoms with E-state index in [9.17, 15) is 0 Å². The smallest absolute Gasteiger partial charge is 0.0713 e. The Kier molecular flexibility index (Phi) is 10.5. The van der Waals surface area contributed by atoms with Crippen molar-refractivity contribution in [3.8, 4) is 66.8 Å². The molecule has 1 heteroatoms. The Hall–Kier alpha value is -8.78. The van der Waals surface area contributed by atoms with Crippen molar-refractivity contribution in [3.05, 3.63) is 307 Å². The van der Waals surface area contributed by atoms with E-state index < -0.39 is 5.41 Å². The molecule has 68 heavy (non-hydrogen) atoms. The van der Waals surface area contributed by atoms with Gasteiger partial charge in [-0.2, -0.15) is 0 Å². The zero-order valence-electron chi connectivity index (χ0n) is 37.6. The van der Waals surface area contributed by atoms with Gasteiger partial charge in [0.15, 0.2) is 0 Å². The highest BCUT2D eigenvalue weighted by Crippen LogP contribution is 2.58. The standard InChI is InChI=1S/C67H47N/c1-6-22-48(23-7-1)52-28-20-29-53(46-52)49-40-42-56(43-41-49)68(65-39-21-37-59(51-26-10-3-11-27-51)66(65)61-36-17-16-34-58(61)50-24-8-2-9-25-50)57-44-45-64-62(47-57)60-35-18-19-38-63(60)67(64,54-30-12-4-13-31-54)55-32-14-5-15-33-55/h1-47H. The SMILES string of the molecule is c1ccc(-c2cccc(-c3ccc(N(c4ccc5c(c4)-c4ccccc4C5(c4ccccc4)c4ccccc4)c4cccc(-c5ccccc5)c4-c4ccccc4-c4ccccc4)cc3)c2)cc1.